The lowest BCUT2D eigenvalue weighted by molar-refractivity contribution is -0.521. The number of esters is 2. The zero-order valence-corrected chi connectivity index (χ0v) is 63.5. The minimum Gasteiger partial charge on any atom is -0.492 e. The minimum atomic E-state index is -2.67. The van der Waals surface area contributed by atoms with Crippen LogP contribution in [0.5, 0.6) is 23.3 Å². The highest BCUT2D eigenvalue weighted by atomic mass is 16.6. The monoisotopic (exact) mass is 1550 g/mol. The number of hydrogen-bond acceptors (Lipinski definition) is 33. The Bertz CT molecular complexity index is 4340. The Balaban J connectivity index is 0.000000222. The summed E-state index contributed by atoms with van der Waals surface area (Å²) in [6.45, 7) is 20.6. The van der Waals surface area contributed by atoms with E-state index in [1.54, 1.807) is 58.9 Å². The fraction of sp³-hybridized carbons (Fsp3) is 0.563. The van der Waals surface area contributed by atoms with Crippen molar-refractivity contribution in [2.75, 3.05) is 65.8 Å². The van der Waals surface area contributed by atoms with Crippen molar-refractivity contribution in [2.24, 2.45) is 50.5 Å². The highest BCUT2D eigenvalue weighted by Crippen LogP contribution is 2.46. The fourth-order valence-corrected chi connectivity index (χ4v) is 14.6. The van der Waals surface area contributed by atoms with Crippen molar-refractivity contribution in [3.63, 3.8) is 0 Å². The van der Waals surface area contributed by atoms with Crippen molar-refractivity contribution in [3.05, 3.63) is 94.3 Å². The number of alkyl carbamates (subject to hydrolysis) is 1. The van der Waals surface area contributed by atoms with Gasteiger partial charge in [-0.25, -0.2) is 30.2 Å². The number of aliphatic imine (C=N–C) groups is 2. The van der Waals surface area contributed by atoms with Gasteiger partial charge in [-0.3, -0.25) is 55.2 Å². The average molecular weight is 1550 g/mol. The number of amides is 5. The van der Waals surface area contributed by atoms with E-state index < -0.39 is 118 Å². The number of nitrogens with zero attached hydrogens (tertiary/aromatic N) is 8. The highest BCUT2D eigenvalue weighted by Gasteiger charge is 2.78. The van der Waals surface area contributed by atoms with Crippen LogP contribution in [-0.4, -0.2) is 259 Å². The standard InChI is InChI=1S/C38H53N11O10.C33H45N11O8/c1-19(2)26(44-34(53)59-35(3,4)5)31(52)58-16-15-56-25-12-11-22(47-48-25)30(51)41-17-23-28-37(46-32(39)45-28)38(54,55)24(18-49(37)33(40)42-23)43-29(50)20-9-8-10-21-27(20)57-14-13-36(21,6)7;1-16(2)23(34)28(47)52-13-12-50-22-9-8-19(42-43-22)27(46)37-14-20-25-32(41-29(35)40-25)33(48,49)21(15-44(32)30(36)38-20)39-26(45)17-6-5-7-18-24(17)51-11-10-31(18,3)4/h8-12,19,23-24,26,28,54-55H,13-18H2,1-7H3,(H2,40,42)(H,41,51)(H,43,50)(H,44,53)(H3,39,45,46);5-9,16,20-21,23,25,48-49H,10-15,34H2,1-4H3,(H2,36,38)(H,37,46)(H,39,45)(H3,35,40,41)/p+2/t23-,24?,26-,28-,37-;20-,21?,23-,25-,32-/m00/s1. The van der Waals surface area contributed by atoms with Gasteiger partial charge in [0, 0.05) is 36.3 Å². The normalized spacial score (nSPS) is 24.8. The molecule has 2 spiro atoms. The first-order chi connectivity index (χ1) is 52.2. The van der Waals surface area contributed by atoms with Crippen LogP contribution < -0.4 is 94.8 Å². The van der Waals surface area contributed by atoms with Gasteiger partial charge in [-0.15, -0.1) is 20.4 Å². The molecule has 0 saturated carbocycles. The van der Waals surface area contributed by atoms with Gasteiger partial charge >= 0.3 is 30.0 Å². The largest absolute Gasteiger partial charge is 0.492 e. The van der Waals surface area contributed by atoms with Crippen molar-refractivity contribution in [2.45, 2.75) is 177 Å². The molecule has 5 amide bonds. The van der Waals surface area contributed by atoms with E-state index in [4.69, 9.17) is 61.8 Å². The third-order valence-electron chi connectivity index (χ3n) is 20.7. The lowest BCUT2D eigenvalue weighted by Gasteiger charge is -2.46. The summed E-state index contributed by atoms with van der Waals surface area (Å²) in [7, 11) is 0. The van der Waals surface area contributed by atoms with Gasteiger partial charge in [0.25, 0.3) is 35.0 Å². The Labute approximate surface area is 638 Å². The fourth-order valence-electron chi connectivity index (χ4n) is 14.6. The quantitative estimate of drug-likeness (QED) is 0.0142. The molecule has 8 aliphatic heterocycles. The number of aliphatic hydroxyl groups is 4. The number of hydrogen-bond donors (Lipinski definition) is 18. The maximum atomic E-state index is 13.7. The molecule has 0 radical (unpaired) electrons. The molecule has 0 bridgehead atoms. The molecular formula is C71H100N22O18+2. The zero-order chi connectivity index (χ0) is 80.7. The van der Waals surface area contributed by atoms with Crippen LogP contribution in [0.1, 0.15) is 142 Å². The van der Waals surface area contributed by atoms with E-state index in [-0.39, 0.29) is 133 Å². The first kappa shape index (κ1) is 80.8. The lowest BCUT2D eigenvalue weighted by atomic mass is 9.79. The Kier molecular flexibility index (Phi) is 22.8. The van der Waals surface area contributed by atoms with Crippen LogP contribution in [-0.2, 0) is 34.6 Å². The number of ether oxygens (including phenoxy) is 7. The molecule has 111 heavy (non-hydrogen) atoms. The van der Waals surface area contributed by atoms with Crippen molar-refractivity contribution in [1.82, 2.24) is 67.4 Å². The maximum Gasteiger partial charge on any atom is 0.408 e. The summed E-state index contributed by atoms with van der Waals surface area (Å²) in [4.78, 5) is 108. The van der Waals surface area contributed by atoms with Gasteiger partial charge in [0.2, 0.25) is 23.3 Å². The average Bonchev–Trinajstić information content (AvgIpc) is 1.53. The van der Waals surface area contributed by atoms with Crippen molar-refractivity contribution >= 4 is 65.5 Å². The summed E-state index contributed by atoms with van der Waals surface area (Å²) < 4.78 is 38.4. The van der Waals surface area contributed by atoms with Gasteiger partial charge in [-0.1, -0.05) is 79.7 Å². The number of benzene rings is 2. The zero-order valence-electron chi connectivity index (χ0n) is 63.5. The van der Waals surface area contributed by atoms with Gasteiger partial charge in [0.05, 0.1) is 37.4 Å². The van der Waals surface area contributed by atoms with E-state index in [0.29, 0.717) is 24.7 Å². The summed E-state index contributed by atoms with van der Waals surface area (Å²) >= 11 is 0. The van der Waals surface area contributed by atoms with E-state index in [9.17, 15) is 54.0 Å². The minimum absolute atomic E-state index is 0.00173. The van der Waals surface area contributed by atoms with Gasteiger partial charge in [-0.2, -0.15) is 0 Å². The molecule has 40 nitrogen and oxygen atoms in total. The Morgan fingerprint density at radius 3 is 1.41 bits per heavy atom. The second kappa shape index (κ2) is 31.3. The van der Waals surface area contributed by atoms with Crippen LogP contribution in [0.25, 0.3) is 0 Å². The molecule has 600 valence electrons. The SMILES string of the molecule is CC(C)[C@H](N)C(=O)OCCOc1ccc(C(=O)NC[C@@H]2N=C(N)N3CC(NC(=O)c4cccc5c4OCCC5(C)C)C(O)(O)[C@@]34NC(N)=[NH+][C@@H]24)nn1.CC(C)[C@H](NC(=O)OC(C)(C)C)C(=O)OCCOc1ccc(C(=O)NC[C@@H]2N=C(N)N3CC(NC(=O)c4cccc5c4OCCC5(C)C)C(O)(O)[C@@]34NC(N)=[NH+][C@@H]24)nn1. The number of nitrogens with one attached hydrogen (secondary N) is 9. The molecule has 12 rings (SSSR count). The van der Waals surface area contributed by atoms with Gasteiger partial charge < -0.3 is 97.4 Å². The summed E-state index contributed by atoms with van der Waals surface area (Å²) in [5.41, 5.74) is 28.4. The number of rotatable bonds is 23. The van der Waals surface area contributed by atoms with Crippen molar-refractivity contribution in [1.29, 1.82) is 0 Å². The summed E-state index contributed by atoms with van der Waals surface area (Å²) in [5.74, 6) is -8.30. The first-order valence-corrected chi connectivity index (χ1v) is 36.4. The van der Waals surface area contributed by atoms with E-state index >= 15 is 0 Å². The third kappa shape index (κ3) is 16.1. The van der Waals surface area contributed by atoms with Crippen LogP contribution in [0.4, 0.5) is 4.79 Å². The molecule has 40 heteroatoms. The van der Waals surface area contributed by atoms with Gasteiger partial charge in [0.1, 0.15) is 79.8 Å². The van der Waals surface area contributed by atoms with E-state index in [0.717, 1.165) is 24.0 Å². The predicted octanol–water partition coefficient (Wildman–Crippen LogP) is -6.98. The molecule has 10 atom stereocenters. The summed E-state index contributed by atoms with van der Waals surface area (Å²) in [6.07, 6.45) is 0.815. The molecular weight excluding hydrogens is 1450 g/mol. The molecule has 8 aliphatic rings. The molecule has 2 aromatic carbocycles. The second-order valence-corrected chi connectivity index (χ2v) is 31.1. The van der Waals surface area contributed by atoms with E-state index in [1.807, 2.05) is 26.0 Å². The van der Waals surface area contributed by atoms with Crippen LogP contribution in [0, 0.1) is 11.8 Å². The van der Waals surface area contributed by atoms with E-state index in [1.165, 1.54) is 34.1 Å². The number of carbonyl (C=O) groups excluding carboxylic acids is 7. The van der Waals surface area contributed by atoms with Gasteiger partial charge in [0.15, 0.2) is 35.4 Å². The number of aromatic nitrogens is 4. The summed E-state index contributed by atoms with van der Waals surface area (Å²) in [5, 5.41) is 82.6. The topological polar surface area (TPSA) is 590 Å². The number of para-hydroxylation sites is 2. The molecule has 0 aliphatic carbocycles. The summed E-state index contributed by atoms with van der Waals surface area (Å²) in [6, 6.07) is 8.35. The maximum absolute atomic E-state index is 13.7. The second-order valence-electron chi connectivity index (χ2n) is 31.1. The Morgan fingerprint density at radius 1 is 0.595 bits per heavy atom. The first-order valence-electron chi connectivity index (χ1n) is 36.4. The number of guanidine groups is 4. The molecule has 4 aromatic rings. The highest BCUT2D eigenvalue weighted by molar-refractivity contribution is 5.99. The predicted molar refractivity (Wildman–Crippen MR) is 392 cm³/mol. The molecule has 10 heterocycles. The Hall–Kier alpha value is -11.2. The number of carbonyl (C=O) groups is 7. The molecule has 23 N–H and O–H groups in total. The lowest BCUT2D eigenvalue weighted by Crippen LogP contribution is -2.90. The van der Waals surface area contributed by atoms with Crippen molar-refractivity contribution in [3.8, 4) is 23.3 Å². The van der Waals surface area contributed by atoms with Crippen LogP contribution >= 0.6 is 0 Å². The van der Waals surface area contributed by atoms with Crippen LogP contribution in [0.2, 0.25) is 0 Å². The van der Waals surface area contributed by atoms with E-state index in [2.05, 4.69) is 105 Å². The van der Waals surface area contributed by atoms with Gasteiger partial charge in [-0.05, 0) is 80.5 Å². The van der Waals surface area contributed by atoms with Crippen LogP contribution in [0.15, 0.2) is 70.6 Å². The number of nitrogens with two attached hydrogens (primary N) is 5. The molecule has 2 unspecified atom stereocenters. The third-order valence-corrected chi connectivity index (χ3v) is 20.7. The van der Waals surface area contributed by atoms with Crippen molar-refractivity contribution < 1.29 is 97.1 Å². The van der Waals surface area contributed by atoms with Crippen LogP contribution in [0.3, 0.4) is 0 Å². The molecule has 2 saturated heterocycles. The molecule has 2 aromatic heterocycles. The smallest absolute Gasteiger partial charge is 0.408 e. The number of fused-ring (bicyclic) bond motifs is 2. The Morgan fingerprint density at radius 2 is 1.02 bits per heavy atom. The molecule has 2 fully saturated rings.